The number of nitrogens with one attached hydrogen (secondary N) is 1. The minimum Gasteiger partial charge on any atom is -0.369 e. The van der Waals surface area contributed by atoms with E-state index in [1.54, 1.807) is 0 Å². The lowest BCUT2D eigenvalue weighted by Crippen LogP contribution is -2.58. The molecular formula is C23H34N6O. The summed E-state index contributed by atoms with van der Waals surface area (Å²) < 4.78 is 0. The van der Waals surface area contributed by atoms with Crippen LogP contribution in [0, 0.1) is 5.92 Å². The number of nitrogens with two attached hydrogens (primary N) is 2. The Kier molecular flexibility index (Phi) is 5.97. The molecule has 1 aliphatic heterocycles. The van der Waals surface area contributed by atoms with E-state index < -0.39 is 5.66 Å². The van der Waals surface area contributed by atoms with Gasteiger partial charge in [-0.2, -0.15) is 4.99 Å². The van der Waals surface area contributed by atoms with Crippen molar-refractivity contribution in [2.24, 2.45) is 27.4 Å². The van der Waals surface area contributed by atoms with Gasteiger partial charge in [0.25, 0.3) is 5.91 Å². The van der Waals surface area contributed by atoms with Crippen molar-refractivity contribution in [1.29, 1.82) is 0 Å². The van der Waals surface area contributed by atoms with Crippen molar-refractivity contribution in [3.8, 4) is 0 Å². The van der Waals surface area contributed by atoms with Gasteiger partial charge in [-0.15, -0.1) is 0 Å². The molecule has 0 atom stereocenters. The number of aliphatic imine (C=N–C) groups is 2. The van der Waals surface area contributed by atoms with Gasteiger partial charge in [0.05, 0.1) is 11.3 Å². The van der Waals surface area contributed by atoms with Crippen molar-refractivity contribution >= 4 is 23.5 Å². The van der Waals surface area contributed by atoms with Gasteiger partial charge in [-0.05, 0) is 69.4 Å². The second-order valence-electron chi connectivity index (χ2n) is 8.94. The fraction of sp³-hybridized carbons (Fsp3) is 0.609. The van der Waals surface area contributed by atoms with E-state index in [1.165, 1.54) is 25.7 Å². The first kappa shape index (κ1) is 20.7. The number of carbonyl (C=O) groups excluding carboxylic acids is 1. The predicted molar refractivity (Wildman–Crippen MR) is 121 cm³/mol. The molecule has 2 saturated carbocycles. The highest BCUT2D eigenvalue weighted by molar-refractivity contribution is 6.10. The molecule has 0 bridgehead atoms. The smallest absolute Gasteiger partial charge is 0.253 e. The zero-order valence-corrected chi connectivity index (χ0v) is 17.9. The highest BCUT2D eigenvalue weighted by Gasteiger charge is 2.43. The number of guanidine groups is 2. The minimum absolute atomic E-state index is 0.0492. The average Bonchev–Trinajstić information content (AvgIpc) is 2.74. The van der Waals surface area contributed by atoms with Crippen LogP contribution in [0.25, 0.3) is 0 Å². The summed E-state index contributed by atoms with van der Waals surface area (Å²) in [6.07, 6.45) is 10.7. The predicted octanol–water partition coefficient (Wildman–Crippen LogP) is 3.50. The van der Waals surface area contributed by atoms with Gasteiger partial charge in [-0.1, -0.05) is 31.9 Å². The minimum atomic E-state index is -0.552. The van der Waals surface area contributed by atoms with E-state index in [1.807, 2.05) is 29.2 Å². The molecule has 0 saturated heterocycles. The Bertz CT molecular complexity index is 834. The highest BCUT2D eigenvalue weighted by Crippen LogP contribution is 2.40. The summed E-state index contributed by atoms with van der Waals surface area (Å²) in [5, 5.41) is 3.27. The number of hydrogen-bond donors (Lipinski definition) is 3. The first-order chi connectivity index (χ1) is 14.5. The van der Waals surface area contributed by atoms with Crippen molar-refractivity contribution in [3.05, 3.63) is 29.8 Å². The van der Waals surface area contributed by atoms with Crippen molar-refractivity contribution in [2.75, 3.05) is 4.90 Å². The Labute approximate surface area is 179 Å². The Balaban J connectivity index is 1.61. The highest BCUT2D eigenvalue weighted by atomic mass is 16.1. The Morgan fingerprint density at radius 1 is 1.13 bits per heavy atom. The van der Waals surface area contributed by atoms with Crippen LogP contribution in [0.1, 0.15) is 81.5 Å². The van der Waals surface area contributed by atoms with Crippen LogP contribution in [0.5, 0.6) is 0 Å². The number of para-hydroxylation sites is 1. The molecule has 1 spiro atoms. The molecule has 0 unspecified atom stereocenters. The maximum atomic E-state index is 13.3. The average molecular weight is 411 g/mol. The molecule has 2 aliphatic carbocycles. The van der Waals surface area contributed by atoms with Gasteiger partial charge in [0.15, 0.2) is 0 Å². The van der Waals surface area contributed by atoms with E-state index in [0.717, 1.165) is 50.1 Å². The largest absolute Gasteiger partial charge is 0.369 e. The lowest BCUT2D eigenvalue weighted by atomic mass is 9.84. The van der Waals surface area contributed by atoms with E-state index in [0.29, 0.717) is 11.5 Å². The van der Waals surface area contributed by atoms with Gasteiger partial charge in [0.1, 0.15) is 5.66 Å². The Morgan fingerprint density at radius 2 is 1.83 bits per heavy atom. The second kappa shape index (κ2) is 8.66. The van der Waals surface area contributed by atoms with Crippen molar-refractivity contribution in [2.45, 2.75) is 82.8 Å². The monoisotopic (exact) mass is 410 g/mol. The Morgan fingerprint density at radius 3 is 2.53 bits per heavy atom. The van der Waals surface area contributed by atoms with Crippen LogP contribution in [0.3, 0.4) is 0 Å². The quantitative estimate of drug-likeness (QED) is 0.706. The molecule has 1 amide bonds. The van der Waals surface area contributed by atoms with Gasteiger partial charge >= 0.3 is 0 Å². The molecule has 1 heterocycles. The van der Waals surface area contributed by atoms with Gasteiger partial charge in [0, 0.05) is 6.04 Å². The fourth-order valence-corrected chi connectivity index (χ4v) is 5.31. The summed E-state index contributed by atoms with van der Waals surface area (Å²) in [5.74, 6) is 1.28. The van der Waals surface area contributed by atoms with Crippen LogP contribution in [-0.2, 0) is 0 Å². The van der Waals surface area contributed by atoms with E-state index in [2.05, 4.69) is 17.2 Å². The summed E-state index contributed by atoms with van der Waals surface area (Å²) >= 11 is 0. The van der Waals surface area contributed by atoms with E-state index in [-0.39, 0.29) is 17.9 Å². The normalized spacial score (nSPS) is 26.1. The van der Waals surface area contributed by atoms with Crippen LogP contribution >= 0.6 is 0 Å². The van der Waals surface area contributed by atoms with Crippen LogP contribution < -0.4 is 21.7 Å². The second-order valence-corrected chi connectivity index (χ2v) is 8.94. The molecule has 4 rings (SSSR count). The van der Waals surface area contributed by atoms with Crippen LogP contribution in [0.15, 0.2) is 34.3 Å². The molecule has 0 aromatic heterocycles. The number of hydrogen-bond acceptors (Lipinski definition) is 6. The third kappa shape index (κ3) is 4.02. The van der Waals surface area contributed by atoms with Gasteiger partial charge < -0.3 is 16.8 Å². The summed E-state index contributed by atoms with van der Waals surface area (Å²) in [5.41, 5.74) is 13.2. The standard InChI is InChI=1S/C23H34N6O/c1-2-16-10-12-17(13-11-16)26-20(30)18-8-4-5-9-19(18)29-22(25)27-21(24)28-23(29)14-6-3-7-15-23/h4-5,8-9,16-17H,2-3,6-7,10-15H2,1H3,(H,26,30)(H4,24,25,27,28). The van der Waals surface area contributed by atoms with E-state index in [9.17, 15) is 4.79 Å². The molecule has 7 heteroatoms. The Hall–Kier alpha value is -2.57. The van der Waals surface area contributed by atoms with Crippen LogP contribution in [0.2, 0.25) is 0 Å². The first-order valence-electron chi connectivity index (χ1n) is 11.4. The molecule has 30 heavy (non-hydrogen) atoms. The number of rotatable bonds is 4. The number of carbonyl (C=O) groups is 1. The van der Waals surface area contributed by atoms with Crippen molar-refractivity contribution in [3.63, 3.8) is 0 Å². The summed E-state index contributed by atoms with van der Waals surface area (Å²) in [6, 6.07) is 7.88. The van der Waals surface area contributed by atoms with Crippen LogP contribution in [0.4, 0.5) is 5.69 Å². The van der Waals surface area contributed by atoms with Crippen molar-refractivity contribution < 1.29 is 4.79 Å². The summed E-state index contributed by atoms with van der Waals surface area (Å²) in [7, 11) is 0. The molecule has 1 aromatic rings. The third-order valence-electron chi connectivity index (χ3n) is 7.00. The van der Waals surface area contributed by atoms with Gasteiger partial charge in [0.2, 0.25) is 11.9 Å². The first-order valence-corrected chi connectivity index (χ1v) is 11.4. The number of benzene rings is 1. The lowest BCUT2D eigenvalue weighted by molar-refractivity contribution is 0.0922. The van der Waals surface area contributed by atoms with Crippen LogP contribution in [-0.4, -0.2) is 29.5 Å². The van der Waals surface area contributed by atoms with Gasteiger partial charge in [-0.3, -0.25) is 9.69 Å². The van der Waals surface area contributed by atoms with E-state index >= 15 is 0 Å². The number of amides is 1. The van der Waals surface area contributed by atoms with Gasteiger partial charge in [-0.25, -0.2) is 4.99 Å². The molecule has 2 fully saturated rings. The fourth-order valence-electron chi connectivity index (χ4n) is 5.31. The number of anilines is 1. The third-order valence-corrected chi connectivity index (χ3v) is 7.00. The molecular weight excluding hydrogens is 376 g/mol. The molecule has 0 radical (unpaired) electrons. The maximum Gasteiger partial charge on any atom is 0.253 e. The summed E-state index contributed by atoms with van der Waals surface area (Å²) in [6.45, 7) is 2.25. The molecule has 3 aliphatic rings. The maximum absolute atomic E-state index is 13.3. The molecule has 5 N–H and O–H groups in total. The topological polar surface area (TPSA) is 109 Å². The zero-order valence-electron chi connectivity index (χ0n) is 17.9. The molecule has 162 valence electrons. The number of nitrogens with zero attached hydrogens (tertiary/aromatic N) is 3. The zero-order chi connectivity index (χ0) is 21.1. The molecule has 1 aromatic carbocycles. The molecule has 7 nitrogen and oxygen atoms in total. The van der Waals surface area contributed by atoms with E-state index in [4.69, 9.17) is 16.5 Å². The van der Waals surface area contributed by atoms with Crippen molar-refractivity contribution in [1.82, 2.24) is 5.32 Å². The lowest BCUT2D eigenvalue weighted by Gasteiger charge is -2.46. The summed E-state index contributed by atoms with van der Waals surface area (Å²) in [4.78, 5) is 24.2. The SMILES string of the molecule is CCC1CCC(NC(=O)c2ccccc2N2C(N)=NC(N)=NC23CCCCC3)CC1.